The number of fused-ring (bicyclic) bond motifs is 2. The van der Waals surface area contributed by atoms with Crippen molar-refractivity contribution >= 4 is 27.5 Å². The number of carbonyl (C=O) groups is 1. The van der Waals surface area contributed by atoms with E-state index in [1.165, 1.54) is 0 Å². The topological polar surface area (TPSA) is 82.9 Å². The zero-order valence-electron chi connectivity index (χ0n) is 16.0. The van der Waals surface area contributed by atoms with Gasteiger partial charge in [-0.2, -0.15) is 0 Å². The minimum Gasteiger partial charge on any atom is -0.507 e. The molecule has 7 heteroatoms. The molecule has 1 unspecified atom stereocenters. The third-order valence-electron chi connectivity index (χ3n) is 5.87. The molecular formula is C23H19BrN2O4. The Bertz CT molecular complexity index is 1150. The highest BCUT2D eigenvalue weighted by Crippen LogP contribution is 2.52. The Labute approximate surface area is 181 Å². The molecule has 3 aromatic rings. The van der Waals surface area contributed by atoms with Crippen LogP contribution in [0.25, 0.3) is 0 Å². The van der Waals surface area contributed by atoms with Crippen LogP contribution in [-0.2, 0) is 23.2 Å². The standard InChI is InChI=1S/C23H19BrN2O4/c24-17-5-3-6-18-21(17)23(13-27,16-10-14-7-9-30-20(14)11-19(16)28)22(29)26(18)12-15-4-1-2-8-25-15/h1-6,8,10-11,27-28H,7,9,12-13H2. The zero-order valence-corrected chi connectivity index (χ0v) is 17.6. The van der Waals surface area contributed by atoms with E-state index in [0.29, 0.717) is 40.1 Å². The average molecular weight is 467 g/mol. The molecule has 0 saturated heterocycles. The molecule has 152 valence electrons. The number of hydrogen-bond donors (Lipinski definition) is 2. The first-order valence-electron chi connectivity index (χ1n) is 9.67. The molecule has 30 heavy (non-hydrogen) atoms. The molecule has 6 nitrogen and oxygen atoms in total. The van der Waals surface area contributed by atoms with Crippen molar-refractivity contribution in [1.82, 2.24) is 4.98 Å². The maximum absolute atomic E-state index is 13.9. The first kappa shape index (κ1) is 19.1. The van der Waals surface area contributed by atoms with Gasteiger partial charge in [0.2, 0.25) is 5.91 Å². The molecule has 2 aliphatic heterocycles. The van der Waals surface area contributed by atoms with Gasteiger partial charge >= 0.3 is 0 Å². The third-order valence-corrected chi connectivity index (χ3v) is 6.53. The number of anilines is 1. The Balaban J connectivity index is 1.72. The second-order valence-corrected chi connectivity index (χ2v) is 8.34. The van der Waals surface area contributed by atoms with Gasteiger partial charge in [0.05, 0.1) is 25.5 Å². The summed E-state index contributed by atoms with van der Waals surface area (Å²) in [7, 11) is 0. The van der Waals surface area contributed by atoms with Crippen LogP contribution >= 0.6 is 15.9 Å². The van der Waals surface area contributed by atoms with Crippen LogP contribution in [0.5, 0.6) is 11.5 Å². The van der Waals surface area contributed by atoms with E-state index in [2.05, 4.69) is 20.9 Å². The van der Waals surface area contributed by atoms with E-state index in [4.69, 9.17) is 4.74 Å². The van der Waals surface area contributed by atoms with E-state index in [-0.39, 0.29) is 18.2 Å². The predicted octanol–water partition coefficient (Wildman–Crippen LogP) is 3.31. The van der Waals surface area contributed by atoms with Gasteiger partial charge in [0.15, 0.2) is 0 Å². The minimum absolute atomic E-state index is 0.0700. The minimum atomic E-state index is -1.42. The Morgan fingerprint density at radius 3 is 2.83 bits per heavy atom. The fourth-order valence-electron chi connectivity index (χ4n) is 4.46. The van der Waals surface area contributed by atoms with Crippen LogP contribution in [0.2, 0.25) is 0 Å². The van der Waals surface area contributed by atoms with Gasteiger partial charge in [-0.1, -0.05) is 28.1 Å². The van der Waals surface area contributed by atoms with Crippen molar-refractivity contribution in [3.05, 3.63) is 81.6 Å². The van der Waals surface area contributed by atoms with Gasteiger partial charge in [-0.05, 0) is 35.9 Å². The lowest BCUT2D eigenvalue weighted by Crippen LogP contribution is -2.44. The van der Waals surface area contributed by atoms with Crippen molar-refractivity contribution in [1.29, 1.82) is 0 Å². The van der Waals surface area contributed by atoms with E-state index >= 15 is 0 Å². The summed E-state index contributed by atoms with van der Waals surface area (Å²) in [5.74, 6) is 0.249. The molecule has 5 rings (SSSR count). The van der Waals surface area contributed by atoms with Crippen molar-refractivity contribution in [2.75, 3.05) is 18.1 Å². The van der Waals surface area contributed by atoms with Crippen LogP contribution < -0.4 is 9.64 Å². The number of amides is 1. The summed E-state index contributed by atoms with van der Waals surface area (Å²) < 4.78 is 6.24. The van der Waals surface area contributed by atoms with Crippen LogP contribution in [0, 0.1) is 0 Å². The normalized spacial score (nSPS) is 19.5. The number of phenols is 1. The van der Waals surface area contributed by atoms with Gasteiger partial charge in [0.1, 0.15) is 16.9 Å². The smallest absolute Gasteiger partial charge is 0.245 e. The highest BCUT2D eigenvalue weighted by atomic mass is 79.9. The Morgan fingerprint density at radius 1 is 1.20 bits per heavy atom. The van der Waals surface area contributed by atoms with Crippen molar-refractivity contribution in [3.63, 3.8) is 0 Å². The van der Waals surface area contributed by atoms with E-state index in [1.807, 2.05) is 36.4 Å². The first-order valence-corrected chi connectivity index (χ1v) is 10.5. The molecule has 2 aliphatic rings. The SMILES string of the molecule is O=C1N(Cc2ccccn2)c2cccc(Br)c2C1(CO)c1cc2c(cc1O)OCC2. The number of benzene rings is 2. The third kappa shape index (κ3) is 2.66. The van der Waals surface area contributed by atoms with Crippen LogP contribution in [0.3, 0.4) is 0 Å². The van der Waals surface area contributed by atoms with Crippen LogP contribution in [0.1, 0.15) is 22.4 Å². The second kappa shape index (κ2) is 7.11. The quantitative estimate of drug-likeness (QED) is 0.616. The fraction of sp³-hybridized carbons (Fsp3) is 0.217. The Hall–Kier alpha value is -2.90. The summed E-state index contributed by atoms with van der Waals surface area (Å²) in [4.78, 5) is 19.9. The number of halogens is 1. The summed E-state index contributed by atoms with van der Waals surface area (Å²) in [5, 5.41) is 21.5. The van der Waals surface area contributed by atoms with E-state index in [9.17, 15) is 15.0 Å². The molecule has 0 radical (unpaired) electrons. The lowest BCUT2D eigenvalue weighted by molar-refractivity contribution is -0.123. The van der Waals surface area contributed by atoms with E-state index < -0.39 is 12.0 Å². The number of carbonyl (C=O) groups excluding carboxylic acids is 1. The maximum atomic E-state index is 13.9. The summed E-state index contributed by atoms with van der Waals surface area (Å²) in [6.07, 6.45) is 2.38. The number of aliphatic hydroxyl groups excluding tert-OH is 1. The number of nitrogens with zero attached hydrogens (tertiary/aromatic N) is 2. The molecule has 0 fully saturated rings. The largest absolute Gasteiger partial charge is 0.507 e. The summed E-state index contributed by atoms with van der Waals surface area (Å²) in [5.41, 5.74) is 1.94. The highest BCUT2D eigenvalue weighted by Gasteiger charge is 2.54. The highest BCUT2D eigenvalue weighted by molar-refractivity contribution is 9.10. The van der Waals surface area contributed by atoms with E-state index in [0.717, 1.165) is 11.3 Å². The molecular weight excluding hydrogens is 448 g/mol. The van der Waals surface area contributed by atoms with Gasteiger partial charge < -0.3 is 19.8 Å². The number of aliphatic hydroxyl groups is 1. The molecule has 0 saturated carbocycles. The molecule has 1 aromatic heterocycles. The number of aromatic nitrogens is 1. The molecule has 0 spiro atoms. The number of ether oxygens (including phenoxy) is 1. The number of phenolic OH excluding ortho intramolecular Hbond substituents is 1. The van der Waals surface area contributed by atoms with Gasteiger partial charge in [-0.3, -0.25) is 9.78 Å². The number of aromatic hydroxyl groups is 1. The first-order chi connectivity index (χ1) is 14.6. The van der Waals surface area contributed by atoms with Gasteiger partial charge in [-0.15, -0.1) is 0 Å². The zero-order chi connectivity index (χ0) is 20.9. The van der Waals surface area contributed by atoms with Gasteiger partial charge in [0, 0.05) is 40.0 Å². The Kier molecular flexibility index (Phi) is 4.52. The molecule has 0 aliphatic carbocycles. The van der Waals surface area contributed by atoms with Gasteiger partial charge in [-0.25, -0.2) is 0 Å². The lowest BCUT2D eigenvalue weighted by Gasteiger charge is -2.29. The molecule has 1 amide bonds. The number of hydrogen-bond acceptors (Lipinski definition) is 5. The Morgan fingerprint density at radius 2 is 2.07 bits per heavy atom. The van der Waals surface area contributed by atoms with Crippen molar-refractivity contribution in [2.24, 2.45) is 0 Å². The molecule has 3 heterocycles. The summed E-state index contributed by atoms with van der Waals surface area (Å²) in [6.45, 7) is 0.317. The maximum Gasteiger partial charge on any atom is 0.245 e. The van der Waals surface area contributed by atoms with Crippen molar-refractivity contribution in [2.45, 2.75) is 18.4 Å². The number of pyridine rings is 1. The average Bonchev–Trinajstić information content (AvgIpc) is 3.30. The summed E-state index contributed by atoms with van der Waals surface area (Å²) >= 11 is 3.58. The van der Waals surface area contributed by atoms with E-state index in [1.54, 1.807) is 23.2 Å². The molecule has 0 bridgehead atoms. The molecule has 1 atom stereocenters. The molecule has 2 aromatic carbocycles. The second-order valence-electron chi connectivity index (χ2n) is 7.49. The molecule has 2 N–H and O–H groups in total. The van der Waals surface area contributed by atoms with Gasteiger partial charge in [0.25, 0.3) is 0 Å². The van der Waals surface area contributed by atoms with Crippen LogP contribution in [-0.4, -0.2) is 34.3 Å². The van der Waals surface area contributed by atoms with Crippen LogP contribution in [0.4, 0.5) is 5.69 Å². The van der Waals surface area contributed by atoms with Crippen LogP contribution in [0.15, 0.2) is 59.2 Å². The monoisotopic (exact) mass is 466 g/mol. The van der Waals surface area contributed by atoms with Crippen molar-refractivity contribution < 1.29 is 19.7 Å². The summed E-state index contributed by atoms with van der Waals surface area (Å²) in [6, 6.07) is 14.4. The fourth-order valence-corrected chi connectivity index (χ4v) is 5.15. The number of rotatable bonds is 4. The lowest BCUT2D eigenvalue weighted by atomic mass is 9.75. The predicted molar refractivity (Wildman–Crippen MR) is 115 cm³/mol. The van der Waals surface area contributed by atoms with Crippen molar-refractivity contribution in [3.8, 4) is 11.5 Å².